The van der Waals surface area contributed by atoms with Gasteiger partial charge in [-0.05, 0) is 18.1 Å². The van der Waals surface area contributed by atoms with Crippen molar-refractivity contribution in [2.45, 2.75) is 33.2 Å². The van der Waals surface area contributed by atoms with Gasteiger partial charge >= 0.3 is 0 Å². The van der Waals surface area contributed by atoms with Gasteiger partial charge < -0.3 is 10.3 Å². The minimum Gasteiger partial charge on any atom is -0.350 e. The minimum absolute atomic E-state index is 0. The van der Waals surface area contributed by atoms with E-state index in [1.165, 1.54) is 10.9 Å². The predicted octanol–water partition coefficient (Wildman–Crippen LogP) is 2.91. The quantitative estimate of drug-likeness (QED) is 0.922. The maximum absolute atomic E-state index is 12.2. The molecule has 2 rings (SSSR count). The third kappa shape index (κ3) is 2.71. The van der Waals surface area contributed by atoms with Crippen molar-refractivity contribution in [3.05, 3.63) is 36.0 Å². The van der Waals surface area contributed by atoms with Crippen molar-refractivity contribution >= 4 is 16.7 Å². The van der Waals surface area contributed by atoms with E-state index in [1.54, 1.807) is 0 Å². The highest BCUT2D eigenvalue weighted by atomic mass is 16.1. The number of aryl methyl sites for hydroxylation is 1. The molecule has 19 heavy (non-hydrogen) atoms. The second-order valence-corrected chi connectivity index (χ2v) is 6.21. The number of ketones is 1. The Hall–Kier alpha value is -1.61. The molecule has 3 heteroatoms. The first-order chi connectivity index (χ1) is 8.80. The van der Waals surface area contributed by atoms with E-state index in [4.69, 9.17) is 5.73 Å². The Morgan fingerprint density at radius 3 is 2.63 bits per heavy atom. The van der Waals surface area contributed by atoms with Crippen molar-refractivity contribution < 1.29 is 6.22 Å². The molecule has 2 N–H and O–H groups in total. The van der Waals surface area contributed by atoms with Gasteiger partial charge in [-0.2, -0.15) is 0 Å². The van der Waals surface area contributed by atoms with Crippen molar-refractivity contribution in [2.75, 3.05) is 0 Å². The molecule has 0 unspecified atom stereocenters. The molecule has 0 saturated heterocycles. The van der Waals surface area contributed by atoms with Crippen molar-refractivity contribution in [3.8, 4) is 0 Å². The summed E-state index contributed by atoms with van der Waals surface area (Å²) in [7, 11) is 2.02. The Morgan fingerprint density at radius 2 is 2.00 bits per heavy atom. The van der Waals surface area contributed by atoms with E-state index in [9.17, 15) is 4.79 Å². The number of rotatable bonds is 3. The summed E-state index contributed by atoms with van der Waals surface area (Å²) in [6, 6.07) is 7.76. The highest BCUT2D eigenvalue weighted by Gasteiger charge is 2.27. The molecule has 0 bridgehead atoms. The van der Waals surface area contributed by atoms with Crippen LogP contribution in [-0.4, -0.2) is 16.4 Å². The van der Waals surface area contributed by atoms with Crippen LogP contribution < -0.4 is 5.73 Å². The highest BCUT2D eigenvalue weighted by Crippen LogP contribution is 2.23. The van der Waals surface area contributed by atoms with Crippen LogP contribution >= 0.6 is 0 Å². The van der Waals surface area contributed by atoms with Gasteiger partial charge in [-0.1, -0.05) is 39.0 Å². The lowest BCUT2D eigenvalue weighted by Crippen LogP contribution is -2.40. The van der Waals surface area contributed by atoms with Crippen molar-refractivity contribution in [3.63, 3.8) is 0 Å². The lowest BCUT2D eigenvalue weighted by Gasteiger charge is -2.21. The molecule has 0 amide bonds. The highest BCUT2D eigenvalue weighted by molar-refractivity contribution is 5.90. The standard InChI is InChI=1S/C16H22N2O.H2/c1-16(2,3)15(19)13(17)9-11-10-18(4)14-8-6-5-7-12(11)14;/h5-8,10,13H,9,17H2,1-4H3;1H/t13-;/m0./s1. The third-order valence-corrected chi connectivity index (χ3v) is 3.50. The van der Waals surface area contributed by atoms with E-state index in [0.29, 0.717) is 6.42 Å². The summed E-state index contributed by atoms with van der Waals surface area (Å²) in [6.07, 6.45) is 2.66. The summed E-state index contributed by atoms with van der Waals surface area (Å²) in [5.41, 5.74) is 8.01. The zero-order valence-corrected chi connectivity index (χ0v) is 12.1. The van der Waals surface area contributed by atoms with E-state index >= 15 is 0 Å². The summed E-state index contributed by atoms with van der Waals surface area (Å²) in [5, 5.41) is 1.18. The van der Waals surface area contributed by atoms with Crippen molar-refractivity contribution in [2.24, 2.45) is 18.2 Å². The first-order valence-corrected chi connectivity index (χ1v) is 6.63. The van der Waals surface area contributed by atoms with Crippen LogP contribution in [0.4, 0.5) is 0 Å². The van der Waals surface area contributed by atoms with Crippen molar-refractivity contribution in [1.82, 2.24) is 4.57 Å². The fourth-order valence-electron chi connectivity index (χ4n) is 2.47. The molecule has 0 aliphatic heterocycles. The number of Topliss-reactive ketones (excluding diaryl/α,β-unsaturated/α-hetero) is 1. The van der Waals surface area contributed by atoms with Crippen LogP contribution in [0.15, 0.2) is 30.5 Å². The summed E-state index contributed by atoms with van der Waals surface area (Å²) >= 11 is 0. The largest absolute Gasteiger partial charge is 0.350 e. The topological polar surface area (TPSA) is 48.0 Å². The number of nitrogens with zero attached hydrogens (tertiary/aromatic N) is 1. The smallest absolute Gasteiger partial charge is 0.155 e. The molecule has 3 nitrogen and oxygen atoms in total. The number of benzene rings is 1. The lowest BCUT2D eigenvalue weighted by atomic mass is 9.84. The number of carbonyl (C=O) groups is 1. The maximum atomic E-state index is 12.2. The van der Waals surface area contributed by atoms with Crippen LogP contribution in [-0.2, 0) is 18.3 Å². The number of fused-ring (bicyclic) bond motifs is 1. The molecule has 1 aromatic carbocycles. The molecule has 104 valence electrons. The SMILES string of the molecule is Cn1cc(C[C@H](N)C(=O)C(C)(C)C)c2ccccc21.[HH]. The second-order valence-electron chi connectivity index (χ2n) is 6.21. The van der Waals surface area contributed by atoms with Gasteiger partial charge in [-0.25, -0.2) is 0 Å². The third-order valence-electron chi connectivity index (χ3n) is 3.50. The van der Waals surface area contributed by atoms with E-state index in [0.717, 1.165) is 5.56 Å². The van der Waals surface area contributed by atoms with Gasteiger partial charge in [0, 0.05) is 31.0 Å². The van der Waals surface area contributed by atoms with Gasteiger partial charge in [-0.15, -0.1) is 0 Å². The van der Waals surface area contributed by atoms with E-state index < -0.39 is 6.04 Å². The Morgan fingerprint density at radius 1 is 1.37 bits per heavy atom. The second kappa shape index (κ2) is 4.82. The minimum atomic E-state index is -0.439. The van der Waals surface area contributed by atoms with Gasteiger partial charge in [0.25, 0.3) is 0 Å². The van der Waals surface area contributed by atoms with Crippen LogP contribution in [0.5, 0.6) is 0 Å². The fourth-order valence-corrected chi connectivity index (χ4v) is 2.47. The molecule has 0 aliphatic rings. The van der Waals surface area contributed by atoms with E-state index in [1.807, 2.05) is 40.0 Å². The zero-order chi connectivity index (χ0) is 14.2. The molecule has 1 heterocycles. The van der Waals surface area contributed by atoms with E-state index in [2.05, 4.69) is 22.9 Å². The Labute approximate surface area is 115 Å². The van der Waals surface area contributed by atoms with Crippen LogP contribution in [0.2, 0.25) is 0 Å². The summed E-state index contributed by atoms with van der Waals surface area (Å²) < 4.78 is 2.08. The molecule has 2 aromatic rings. The van der Waals surface area contributed by atoms with Gasteiger partial charge in [0.15, 0.2) is 5.78 Å². The van der Waals surface area contributed by atoms with Gasteiger partial charge in [0.05, 0.1) is 6.04 Å². The first kappa shape index (κ1) is 13.8. The maximum Gasteiger partial charge on any atom is 0.155 e. The van der Waals surface area contributed by atoms with Gasteiger partial charge in [0.1, 0.15) is 0 Å². The van der Waals surface area contributed by atoms with Crippen LogP contribution in [0.1, 0.15) is 27.8 Å². The molecule has 0 aliphatic carbocycles. The van der Waals surface area contributed by atoms with Gasteiger partial charge in [0.2, 0.25) is 0 Å². The summed E-state index contributed by atoms with van der Waals surface area (Å²) in [4.78, 5) is 12.2. The zero-order valence-electron chi connectivity index (χ0n) is 12.1. The number of hydrogen-bond acceptors (Lipinski definition) is 2. The lowest BCUT2D eigenvalue weighted by molar-refractivity contribution is -0.127. The number of hydrogen-bond donors (Lipinski definition) is 1. The normalized spacial score (nSPS) is 13.7. The monoisotopic (exact) mass is 260 g/mol. The fraction of sp³-hybridized carbons (Fsp3) is 0.438. The molecule has 0 fully saturated rings. The number of carbonyl (C=O) groups excluding carboxylic acids is 1. The summed E-state index contributed by atoms with van der Waals surface area (Å²) in [5.74, 6) is 0.112. The predicted molar refractivity (Wildman–Crippen MR) is 81.2 cm³/mol. The molecule has 1 aromatic heterocycles. The van der Waals surface area contributed by atoms with Crippen LogP contribution in [0.25, 0.3) is 10.9 Å². The Bertz CT molecular complexity index is 610. The molecular weight excluding hydrogens is 236 g/mol. The Balaban J connectivity index is 0.00000200. The number of aromatic nitrogens is 1. The Kier molecular flexibility index (Phi) is 3.50. The molecular formula is C16H24N2O. The average Bonchev–Trinajstić information content (AvgIpc) is 2.65. The average molecular weight is 260 g/mol. The molecule has 0 spiro atoms. The van der Waals surface area contributed by atoms with Crippen LogP contribution in [0, 0.1) is 5.41 Å². The van der Waals surface area contributed by atoms with Gasteiger partial charge in [-0.3, -0.25) is 4.79 Å². The molecule has 0 radical (unpaired) electrons. The molecule has 1 atom stereocenters. The number of para-hydroxylation sites is 1. The first-order valence-electron chi connectivity index (χ1n) is 6.63. The van der Waals surface area contributed by atoms with E-state index in [-0.39, 0.29) is 12.6 Å². The summed E-state index contributed by atoms with van der Waals surface area (Å²) in [6.45, 7) is 5.74. The van der Waals surface area contributed by atoms with Crippen molar-refractivity contribution in [1.29, 1.82) is 0 Å². The number of nitrogens with two attached hydrogens (primary N) is 1. The van der Waals surface area contributed by atoms with Crippen LogP contribution in [0.3, 0.4) is 0 Å². The molecule has 0 saturated carbocycles.